The fourth-order valence-corrected chi connectivity index (χ4v) is 1.33. The Bertz CT molecular complexity index is 672. The van der Waals surface area contributed by atoms with Gasteiger partial charge in [0.2, 0.25) is 0 Å². The number of benzene rings is 1. The van der Waals surface area contributed by atoms with Crippen molar-refractivity contribution in [3.63, 3.8) is 0 Å². The Morgan fingerprint density at radius 3 is 2.55 bits per heavy atom. The Morgan fingerprint density at radius 1 is 1.45 bits per heavy atom. The Labute approximate surface area is 143 Å². The molecule has 2 aromatic rings. The molecule has 0 radical (unpaired) electrons. The monoisotopic (exact) mass is 371 g/mol. The number of carboxylic acids is 1. The van der Waals surface area contributed by atoms with Crippen LogP contribution in [0.3, 0.4) is 0 Å². The van der Waals surface area contributed by atoms with Crippen LogP contribution in [0.15, 0.2) is 40.9 Å². The van der Waals surface area contributed by atoms with Crippen molar-refractivity contribution in [3.05, 3.63) is 46.3 Å². The Morgan fingerprint density at radius 2 is 2.05 bits per heavy atom. The third kappa shape index (κ3) is 6.46. The van der Waals surface area contributed by atoms with Gasteiger partial charge in [-0.05, 0) is 13.0 Å². The van der Waals surface area contributed by atoms with E-state index in [1.165, 1.54) is 23.3 Å². The molecule has 1 aromatic heterocycles. The van der Waals surface area contributed by atoms with Gasteiger partial charge in [0.05, 0.1) is 16.7 Å². The number of carbonyl (C=O) groups is 1. The summed E-state index contributed by atoms with van der Waals surface area (Å²) in [5.74, 6) is -1.08. The van der Waals surface area contributed by atoms with E-state index in [1.807, 2.05) is 0 Å². The van der Waals surface area contributed by atoms with Crippen LogP contribution in [-0.4, -0.2) is 32.0 Å². The van der Waals surface area contributed by atoms with Crippen LogP contribution >= 0.6 is 0 Å². The first-order valence-electron chi connectivity index (χ1n) is 5.44. The van der Waals surface area contributed by atoms with Gasteiger partial charge in [0.25, 0.3) is 5.69 Å². The van der Waals surface area contributed by atoms with Crippen molar-refractivity contribution >= 4 is 30.5 Å². The zero-order chi connectivity index (χ0) is 15.8. The second kappa shape index (κ2) is 9.64. The van der Waals surface area contributed by atoms with Gasteiger partial charge in [-0.2, -0.15) is 10.2 Å². The molecule has 0 spiro atoms. The zero-order valence-corrected chi connectivity index (χ0v) is 15.2. The van der Waals surface area contributed by atoms with E-state index in [1.54, 1.807) is 18.2 Å². The van der Waals surface area contributed by atoms with E-state index >= 15 is 0 Å². The molecule has 0 aliphatic rings. The van der Waals surface area contributed by atoms with Crippen molar-refractivity contribution in [1.82, 2.24) is 14.9 Å². The molecule has 0 unspecified atom stereocenters. The maximum atomic E-state index is 10.7. The van der Waals surface area contributed by atoms with Crippen LogP contribution in [-0.2, 0) is 36.9 Å². The van der Waals surface area contributed by atoms with Gasteiger partial charge in [-0.3, -0.25) is 10.1 Å². The summed E-state index contributed by atoms with van der Waals surface area (Å²) in [5, 5.41) is 30.9. The van der Waals surface area contributed by atoms with Gasteiger partial charge in [0.15, 0.2) is 0 Å². The molecule has 0 saturated heterocycles. The molecule has 0 atom stereocenters. The first-order valence-corrected chi connectivity index (χ1v) is 5.85. The number of carboxylic acid groups (broad SMARTS) is 1. The molecule has 0 amide bonds. The summed E-state index contributed by atoms with van der Waals surface area (Å²) in [7, 11) is 0. The zero-order valence-electron chi connectivity index (χ0n) is 11.4. The van der Waals surface area contributed by atoms with Crippen LogP contribution in [0.25, 0.3) is 0 Å². The van der Waals surface area contributed by atoms with E-state index in [0.29, 0.717) is 5.56 Å². The van der Waals surface area contributed by atoms with Gasteiger partial charge in [-0.15, -0.1) is 5.10 Å². The van der Waals surface area contributed by atoms with Gasteiger partial charge < -0.3 is 22.5 Å². The largest absolute Gasteiger partial charge is 2.00 e. The third-order valence-electron chi connectivity index (χ3n) is 1.95. The number of hydrogen-bond acceptors (Lipinski definition) is 8. The number of rotatable bonds is 3. The second-order valence-corrected chi connectivity index (χ2v) is 3.88. The van der Waals surface area contributed by atoms with Crippen LogP contribution in [0.2, 0.25) is 0 Å². The first kappa shape index (κ1) is 19.7. The minimum atomic E-state index is -1.08. The van der Waals surface area contributed by atoms with E-state index < -0.39 is 10.9 Å². The fraction of sp³-hybridized carbons (Fsp3) is 0.0909. The Kier molecular flexibility index (Phi) is 8.65. The fourth-order valence-electron chi connectivity index (χ4n) is 1.19. The predicted octanol–water partition coefficient (Wildman–Crippen LogP) is -0.272. The van der Waals surface area contributed by atoms with Crippen molar-refractivity contribution in [1.29, 1.82) is 0 Å². The number of para-hydroxylation sites is 1. The van der Waals surface area contributed by atoms with Gasteiger partial charge in [-0.1, -0.05) is 12.1 Å². The SMILES string of the molecule is CC(=O)[O-].O=[N+]([O-])c1ccccc1/C=N/n1cnnc1[S-].[Zn+2]. The van der Waals surface area contributed by atoms with E-state index in [2.05, 4.69) is 15.3 Å². The summed E-state index contributed by atoms with van der Waals surface area (Å²) in [6.45, 7) is 0.972. The molecule has 0 N–H and O–H groups in total. The molecule has 11 heteroatoms. The molecule has 0 saturated carbocycles. The minimum Gasteiger partial charge on any atom is -0.738 e. The summed E-state index contributed by atoms with van der Waals surface area (Å²) in [4.78, 5) is 19.2. The van der Waals surface area contributed by atoms with Crippen molar-refractivity contribution in [2.24, 2.45) is 5.10 Å². The normalized spacial score (nSPS) is 9.50. The first-order chi connectivity index (χ1) is 9.91. The van der Waals surface area contributed by atoms with E-state index in [-0.39, 0.29) is 30.3 Å². The summed E-state index contributed by atoms with van der Waals surface area (Å²) in [6, 6.07) is 6.28. The predicted molar refractivity (Wildman–Crippen MR) is 72.4 cm³/mol. The number of aliphatic carboxylic acids is 1. The molecule has 0 fully saturated rings. The summed E-state index contributed by atoms with van der Waals surface area (Å²) in [6.07, 6.45) is 2.67. The van der Waals surface area contributed by atoms with Crippen LogP contribution in [0, 0.1) is 10.1 Å². The minimum absolute atomic E-state index is 0. The molecule has 0 aliphatic carbocycles. The van der Waals surface area contributed by atoms with Crippen molar-refractivity contribution in [2.75, 3.05) is 0 Å². The number of nitrogens with zero attached hydrogens (tertiary/aromatic N) is 5. The average Bonchev–Trinajstić information content (AvgIpc) is 2.81. The van der Waals surface area contributed by atoms with E-state index in [4.69, 9.17) is 22.5 Å². The van der Waals surface area contributed by atoms with E-state index in [0.717, 1.165) is 6.92 Å². The topological polar surface area (TPSA) is 126 Å². The van der Waals surface area contributed by atoms with Crippen LogP contribution < -0.4 is 5.11 Å². The number of aromatic nitrogens is 3. The van der Waals surface area contributed by atoms with Crippen LogP contribution in [0.1, 0.15) is 12.5 Å². The van der Waals surface area contributed by atoms with Crippen LogP contribution in [0.4, 0.5) is 5.69 Å². The molecule has 9 nitrogen and oxygen atoms in total. The molecule has 110 valence electrons. The smallest absolute Gasteiger partial charge is 0.738 e. The summed E-state index contributed by atoms with van der Waals surface area (Å²) >= 11 is 4.83. The van der Waals surface area contributed by atoms with Gasteiger partial charge in [-0.25, -0.2) is 4.68 Å². The summed E-state index contributed by atoms with van der Waals surface area (Å²) in [5.41, 5.74) is 0.371. The molecular formula is C11H9N5O4SZn. The molecule has 22 heavy (non-hydrogen) atoms. The maximum absolute atomic E-state index is 10.7. The van der Waals surface area contributed by atoms with Crippen molar-refractivity contribution < 1.29 is 34.3 Å². The van der Waals surface area contributed by atoms with Crippen LogP contribution in [0.5, 0.6) is 0 Å². The second-order valence-electron chi connectivity index (χ2n) is 3.51. The Balaban J connectivity index is 0.000000791. The summed E-state index contributed by atoms with van der Waals surface area (Å²) < 4.78 is 1.26. The van der Waals surface area contributed by atoms with Gasteiger partial charge >= 0.3 is 19.5 Å². The Hall–Kier alpha value is -2.26. The molecule has 1 aromatic carbocycles. The quantitative estimate of drug-likeness (QED) is 0.238. The molecule has 0 aliphatic heterocycles. The van der Waals surface area contributed by atoms with Gasteiger partial charge in [0.1, 0.15) is 6.33 Å². The molecular weight excluding hydrogens is 364 g/mol. The number of nitro groups is 1. The average molecular weight is 373 g/mol. The van der Waals surface area contributed by atoms with Crippen molar-refractivity contribution in [3.8, 4) is 0 Å². The standard InChI is InChI=1S/C9H7N5O2S.C2H4O2.Zn/c15-14(16)8-4-2-1-3-7(8)5-11-13-6-10-12-9(13)17;1-2(3)4;/h1-6H,(H,12,17);1H3,(H,3,4);/q;;+2/p-2/b11-5+;;. The maximum Gasteiger partial charge on any atom is 2.00 e. The van der Waals surface area contributed by atoms with Gasteiger partial charge in [0, 0.05) is 17.2 Å². The number of nitro benzene ring substituents is 1. The molecule has 1 heterocycles. The van der Waals surface area contributed by atoms with E-state index in [9.17, 15) is 10.1 Å². The number of carbonyl (C=O) groups excluding carboxylic acids is 1. The molecule has 0 bridgehead atoms. The molecule has 2 rings (SSSR count). The third-order valence-corrected chi connectivity index (χ3v) is 2.22. The number of hydrogen-bond donors (Lipinski definition) is 0. The van der Waals surface area contributed by atoms with Crippen molar-refractivity contribution in [2.45, 2.75) is 12.1 Å².